The van der Waals surface area contributed by atoms with Crippen LogP contribution in [0.5, 0.6) is 0 Å². The Morgan fingerprint density at radius 2 is 2.22 bits per heavy atom. The standard InChI is InChI=1S/C16H18N2O5/c19-15(17-9-11-4-3-7-21-11)10-22-16(20)8-13-12-5-1-2-6-14(12)23-18-13/h1-2,5-6,11H,3-4,7-10H2,(H,17,19)/t11-/m1/s1. The third-order valence-corrected chi connectivity index (χ3v) is 3.68. The molecule has 1 saturated heterocycles. The number of esters is 1. The maximum absolute atomic E-state index is 11.8. The molecule has 122 valence electrons. The minimum absolute atomic E-state index is 0.0317. The molecule has 1 aliphatic heterocycles. The van der Waals surface area contributed by atoms with Crippen LogP contribution < -0.4 is 5.32 Å². The first kappa shape index (κ1) is 15.5. The molecule has 0 unspecified atom stereocenters. The number of rotatable bonds is 6. The van der Waals surface area contributed by atoms with Crippen LogP contribution in [0.4, 0.5) is 0 Å². The Morgan fingerprint density at radius 3 is 3.04 bits per heavy atom. The van der Waals surface area contributed by atoms with E-state index in [1.807, 2.05) is 18.2 Å². The fourth-order valence-corrected chi connectivity index (χ4v) is 2.48. The number of hydrogen-bond acceptors (Lipinski definition) is 6. The largest absolute Gasteiger partial charge is 0.455 e. The van der Waals surface area contributed by atoms with E-state index in [1.165, 1.54) is 0 Å². The second-order valence-corrected chi connectivity index (χ2v) is 5.40. The van der Waals surface area contributed by atoms with Crippen LogP contribution in [0.1, 0.15) is 18.5 Å². The van der Waals surface area contributed by atoms with Crippen LogP contribution in [0.2, 0.25) is 0 Å². The average molecular weight is 318 g/mol. The molecule has 1 aromatic heterocycles. The fourth-order valence-electron chi connectivity index (χ4n) is 2.48. The van der Waals surface area contributed by atoms with Crippen molar-refractivity contribution in [1.82, 2.24) is 10.5 Å². The lowest BCUT2D eigenvalue weighted by Crippen LogP contribution is -2.35. The zero-order valence-corrected chi connectivity index (χ0v) is 12.6. The van der Waals surface area contributed by atoms with Crippen molar-refractivity contribution in [2.45, 2.75) is 25.4 Å². The lowest BCUT2D eigenvalue weighted by molar-refractivity contribution is -0.148. The Morgan fingerprint density at radius 1 is 1.35 bits per heavy atom. The van der Waals surface area contributed by atoms with Gasteiger partial charge in [0.2, 0.25) is 0 Å². The number of amides is 1. The van der Waals surface area contributed by atoms with E-state index in [0.717, 1.165) is 24.8 Å². The van der Waals surface area contributed by atoms with Crippen molar-refractivity contribution < 1.29 is 23.6 Å². The maximum Gasteiger partial charge on any atom is 0.312 e. The van der Waals surface area contributed by atoms with E-state index in [1.54, 1.807) is 6.07 Å². The smallest absolute Gasteiger partial charge is 0.312 e. The highest BCUT2D eigenvalue weighted by atomic mass is 16.5. The molecule has 1 amide bonds. The van der Waals surface area contributed by atoms with Gasteiger partial charge in [-0.25, -0.2) is 0 Å². The highest BCUT2D eigenvalue weighted by Crippen LogP contribution is 2.18. The molecule has 2 heterocycles. The van der Waals surface area contributed by atoms with Crippen LogP contribution in [0.3, 0.4) is 0 Å². The van der Waals surface area contributed by atoms with Gasteiger partial charge in [0.1, 0.15) is 5.69 Å². The van der Waals surface area contributed by atoms with E-state index in [0.29, 0.717) is 17.8 Å². The molecule has 2 aromatic rings. The lowest BCUT2D eigenvalue weighted by atomic mass is 10.2. The summed E-state index contributed by atoms with van der Waals surface area (Å²) in [5.74, 6) is -0.852. The molecule has 0 saturated carbocycles. The molecule has 1 N–H and O–H groups in total. The quantitative estimate of drug-likeness (QED) is 0.805. The summed E-state index contributed by atoms with van der Waals surface area (Å²) in [6, 6.07) is 7.26. The summed E-state index contributed by atoms with van der Waals surface area (Å²) in [7, 11) is 0. The van der Waals surface area contributed by atoms with Gasteiger partial charge in [0.25, 0.3) is 5.91 Å². The second-order valence-electron chi connectivity index (χ2n) is 5.40. The van der Waals surface area contributed by atoms with Crippen molar-refractivity contribution >= 4 is 22.8 Å². The van der Waals surface area contributed by atoms with Gasteiger partial charge in [-0.1, -0.05) is 17.3 Å². The zero-order valence-electron chi connectivity index (χ0n) is 12.6. The predicted molar refractivity (Wildman–Crippen MR) is 80.7 cm³/mol. The molecule has 1 aromatic carbocycles. The summed E-state index contributed by atoms with van der Waals surface area (Å²) in [4.78, 5) is 23.5. The molecule has 0 bridgehead atoms. The van der Waals surface area contributed by atoms with E-state index >= 15 is 0 Å². The van der Waals surface area contributed by atoms with Gasteiger partial charge in [-0.2, -0.15) is 0 Å². The zero-order chi connectivity index (χ0) is 16.1. The molecule has 7 heteroatoms. The van der Waals surface area contributed by atoms with Gasteiger partial charge in [0.15, 0.2) is 12.2 Å². The number of benzene rings is 1. The van der Waals surface area contributed by atoms with Gasteiger partial charge in [0, 0.05) is 18.5 Å². The third kappa shape index (κ3) is 4.07. The highest BCUT2D eigenvalue weighted by molar-refractivity contribution is 5.85. The summed E-state index contributed by atoms with van der Waals surface area (Å²) in [5.41, 5.74) is 1.12. The van der Waals surface area contributed by atoms with Gasteiger partial charge in [-0.15, -0.1) is 0 Å². The first-order valence-electron chi connectivity index (χ1n) is 7.59. The number of aromatic nitrogens is 1. The Hall–Kier alpha value is -2.41. The second kappa shape index (κ2) is 7.23. The van der Waals surface area contributed by atoms with Gasteiger partial charge < -0.3 is 19.3 Å². The van der Waals surface area contributed by atoms with Crippen molar-refractivity contribution in [2.75, 3.05) is 19.8 Å². The third-order valence-electron chi connectivity index (χ3n) is 3.68. The molecule has 7 nitrogen and oxygen atoms in total. The Kier molecular flexibility index (Phi) is 4.87. The Balaban J connectivity index is 1.43. The van der Waals surface area contributed by atoms with Gasteiger partial charge in [-0.3, -0.25) is 9.59 Å². The van der Waals surface area contributed by atoms with Crippen molar-refractivity contribution in [2.24, 2.45) is 0 Å². The number of hydrogen-bond donors (Lipinski definition) is 1. The lowest BCUT2D eigenvalue weighted by Gasteiger charge is -2.10. The van der Waals surface area contributed by atoms with E-state index in [9.17, 15) is 9.59 Å². The molecule has 0 radical (unpaired) electrons. The number of para-hydroxylation sites is 1. The number of nitrogens with zero attached hydrogens (tertiary/aromatic N) is 1. The number of fused-ring (bicyclic) bond motifs is 1. The van der Waals surface area contributed by atoms with Crippen LogP contribution in [0.25, 0.3) is 11.0 Å². The highest BCUT2D eigenvalue weighted by Gasteiger charge is 2.17. The fraction of sp³-hybridized carbons (Fsp3) is 0.438. The van der Waals surface area contributed by atoms with E-state index in [4.69, 9.17) is 14.0 Å². The summed E-state index contributed by atoms with van der Waals surface area (Å²) >= 11 is 0. The molecule has 1 atom stereocenters. The molecule has 0 aliphatic carbocycles. The first-order valence-corrected chi connectivity index (χ1v) is 7.59. The summed E-state index contributed by atoms with van der Waals surface area (Å²) in [5, 5.41) is 7.32. The van der Waals surface area contributed by atoms with Gasteiger partial charge in [0.05, 0.1) is 12.5 Å². The summed E-state index contributed by atoms with van der Waals surface area (Å²) in [6.45, 7) is 0.882. The van der Waals surface area contributed by atoms with E-state index in [-0.39, 0.29) is 25.0 Å². The summed E-state index contributed by atoms with van der Waals surface area (Å²) in [6.07, 6.45) is 1.99. The Bertz CT molecular complexity index is 691. The molecule has 1 fully saturated rings. The molecule has 23 heavy (non-hydrogen) atoms. The van der Waals surface area contributed by atoms with E-state index in [2.05, 4.69) is 10.5 Å². The van der Waals surface area contributed by atoms with Crippen LogP contribution >= 0.6 is 0 Å². The maximum atomic E-state index is 11.8. The molecule has 1 aliphatic rings. The molecule has 3 rings (SSSR count). The minimum Gasteiger partial charge on any atom is -0.455 e. The van der Waals surface area contributed by atoms with Crippen LogP contribution in [-0.4, -0.2) is 42.9 Å². The van der Waals surface area contributed by atoms with Gasteiger partial charge in [-0.05, 0) is 25.0 Å². The van der Waals surface area contributed by atoms with Crippen LogP contribution in [0, 0.1) is 0 Å². The monoisotopic (exact) mass is 318 g/mol. The average Bonchev–Trinajstić information content (AvgIpc) is 3.21. The van der Waals surface area contributed by atoms with Gasteiger partial charge >= 0.3 is 5.97 Å². The molecular formula is C16H18N2O5. The summed E-state index contributed by atoms with van der Waals surface area (Å²) < 4.78 is 15.5. The predicted octanol–water partition coefficient (Wildman–Crippen LogP) is 1.21. The molecule has 0 spiro atoms. The van der Waals surface area contributed by atoms with Crippen LogP contribution in [-0.2, 0) is 25.5 Å². The first-order chi connectivity index (χ1) is 11.2. The minimum atomic E-state index is -0.517. The van der Waals surface area contributed by atoms with Crippen molar-refractivity contribution in [3.8, 4) is 0 Å². The normalized spacial score (nSPS) is 17.3. The van der Waals surface area contributed by atoms with E-state index < -0.39 is 5.97 Å². The number of nitrogens with one attached hydrogen (secondary N) is 1. The number of carbonyl (C=O) groups is 2. The van der Waals surface area contributed by atoms with Crippen LogP contribution in [0.15, 0.2) is 28.8 Å². The molecular weight excluding hydrogens is 300 g/mol. The van der Waals surface area contributed by atoms with Crippen molar-refractivity contribution in [3.63, 3.8) is 0 Å². The SMILES string of the molecule is O=C(COC(=O)Cc1noc2ccccc12)NC[C@H]1CCCO1. The topological polar surface area (TPSA) is 90.7 Å². The van der Waals surface area contributed by atoms with Crippen molar-refractivity contribution in [3.05, 3.63) is 30.0 Å². The Labute approximate surface area is 132 Å². The van der Waals surface area contributed by atoms with Crippen molar-refractivity contribution in [1.29, 1.82) is 0 Å². The number of ether oxygens (including phenoxy) is 2. The number of carbonyl (C=O) groups excluding carboxylic acids is 2.